The number of aryl methyl sites for hydroxylation is 1. The lowest BCUT2D eigenvalue weighted by molar-refractivity contribution is -0.0399. The maximum Gasteiger partial charge on any atom is 0.253 e. The van der Waals surface area contributed by atoms with Crippen molar-refractivity contribution < 1.29 is 13.6 Å². The molecule has 1 heterocycles. The lowest BCUT2D eigenvalue weighted by Gasteiger charge is -2.28. The Morgan fingerprint density at radius 3 is 2.64 bits per heavy atom. The van der Waals surface area contributed by atoms with Gasteiger partial charge in [0.15, 0.2) is 0 Å². The zero-order valence-electron chi connectivity index (χ0n) is 12.6. The predicted octanol–water partition coefficient (Wildman–Crippen LogP) is 2.51. The zero-order chi connectivity index (χ0) is 15.9. The Kier molecular flexibility index (Phi) is 3.89. The first-order valence-electron chi connectivity index (χ1n) is 7.76. The lowest BCUT2D eigenvalue weighted by atomic mass is 9.92. The van der Waals surface area contributed by atoms with E-state index in [1.165, 1.54) is 0 Å². The molecular weight excluding hydrogens is 288 g/mol. The van der Waals surface area contributed by atoms with Crippen LogP contribution in [0.3, 0.4) is 0 Å². The molecule has 3 N–H and O–H groups in total. The molecule has 2 atom stereocenters. The van der Waals surface area contributed by atoms with E-state index in [0.29, 0.717) is 18.4 Å². The van der Waals surface area contributed by atoms with Gasteiger partial charge in [0, 0.05) is 42.7 Å². The van der Waals surface area contributed by atoms with Gasteiger partial charge < -0.3 is 11.1 Å². The molecule has 0 radical (unpaired) electrons. The van der Waals surface area contributed by atoms with Crippen molar-refractivity contribution in [2.45, 2.75) is 63.0 Å². The van der Waals surface area contributed by atoms with Gasteiger partial charge in [-0.3, -0.25) is 9.78 Å². The lowest BCUT2D eigenvalue weighted by Crippen LogP contribution is -2.40. The van der Waals surface area contributed by atoms with Crippen LogP contribution in [-0.2, 0) is 0 Å². The van der Waals surface area contributed by atoms with Gasteiger partial charge in [0.05, 0.1) is 5.56 Å². The molecule has 6 heteroatoms. The molecule has 2 unspecified atom stereocenters. The third-order valence-corrected chi connectivity index (χ3v) is 4.68. The number of nitrogens with zero attached hydrogens (tertiary/aromatic N) is 1. The van der Waals surface area contributed by atoms with Gasteiger partial charge >= 0.3 is 0 Å². The number of hydrogen-bond acceptors (Lipinski definition) is 3. The van der Waals surface area contributed by atoms with Crippen LogP contribution in [0.15, 0.2) is 12.3 Å². The third kappa shape index (κ3) is 3.27. The van der Waals surface area contributed by atoms with Crippen LogP contribution >= 0.6 is 0 Å². The molecule has 120 valence electrons. The highest BCUT2D eigenvalue weighted by Crippen LogP contribution is 2.40. The number of rotatable bonds is 3. The van der Waals surface area contributed by atoms with Gasteiger partial charge in [-0.15, -0.1) is 0 Å². The summed E-state index contributed by atoms with van der Waals surface area (Å²) in [5.41, 5.74) is 8.27. The quantitative estimate of drug-likeness (QED) is 0.901. The average molecular weight is 309 g/mol. The summed E-state index contributed by atoms with van der Waals surface area (Å²) < 4.78 is 26.3. The van der Waals surface area contributed by atoms with E-state index in [0.717, 1.165) is 17.7 Å². The summed E-state index contributed by atoms with van der Waals surface area (Å²) in [5, 5.41) is 2.85. The summed E-state index contributed by atoms with van der Waals surface area (Å²) in [4.78, 5) is 16.6. The van der Waals surface area contributed by atoms with E-state index in [1.54, 1.807) is 6.20 Å². The van der Waals surface area contributed by atoms with Crippen molar-refractivity contribution in [2.24, 2.45) is 5.73 Å². The Labute approximate surface area is 128 Å². The molecule has 0 saturated heterocycles. The number of carbonyl (C=O) groups is 1. The van der Waals surface area contributed by atoms with Crippen LogP contribution in [0.1, 0.15) is 59.6 Å². The molecule has 2 aliphatic carbocycles. The number of alkyl halides is 2. The minimum absolute atomic E-state index is 0.152. The molecule has 2 aliphatic rings. The molecule has 2 saturated carbocycles. The molecule has 4 nitrogen and oxygen atoms in total. The highest BCUT2D eigenvalue weighted by Gasteiger charge is 2.37. The third-order valence-electron chi connectivity index (χ3n) is 4.68. The minimum atomic E-state index is -2.58. The second kappa shape index (κ2) is 5.57. The van der Waals surface area contributed by atoms with Gasteiger partial charge in [-0.1, -0.05) is 0 Å². The molecular formula is C16H21F2N3O. The SMILES string of the molecule is Cc1ncc(C(=O)NC2CCC(F)(F)CC2)cc1C1CC1N. The number of carbonyl (C=O) groups excluding carboxylic acids is 1. The van der Waals surface area contributed by atoms with Crippen LogP contribution in [0.4, 0.5) is 8.78 Å². The van der Waals surface area contributed by atoms with Crippen molar-refractivity contribution in [3.8, 4) is 0 Å². The highest BCUT2D eigenvalue weighted by atomic mass is 19.3. The molecule has 22 heavy (non-hydrogen) atoms. The fraction of sp³-hybridized carbons (Fsp3) is 0.625. The summed E-state index contributed by atoms with van der Waals surface area (Å²) in [7, 11) is 0. The number of aromatic nitrogens is 1. The summed E-state index contributed by atoms with van der Waals surface area (Å²) in [6.45, 7) is 1.91. The first-order valence-corrected chi connectivity index (χ1v) is 7.76. The van der Waals surface area contributed by atoms with Crippen LogP contribution in [0.25, 0.3) is 0 Å². The Morgan fingerprint density at radius 1 is 1.41 bits per heavy atom. The second-order valence-electron chi connectivity index (χ2n) is 6.51. The number of amides is 1. The van der Waals surface area contributed by atoms with E-state index in [-0.39, 0.29) is 36.8 Å². The molecule has 3 rings (SSSR count). The Balaban J connectivity index is 1.65. The molecule has 0 aromatic carbocycles. The smallest absolute Gasteiger partial charge is 0.253 e. The van der Waals surface area contributed by atoms with Gasteiger partial charge in [0.1, 0.15) is 0 Å². The van der Waals surface area contributed by atoms with Crippen molar-refractivity contribution in [3.63, 3.8) is 0 Å². The maximum absolute atomic E-state index is 13.1. The predicted molar refractivity (Wildman–Crippen MR) is 79.0 cm³/mol. The number of nitrogens with two attached hydrogens (primary N) is 1. The maximum atomic E-state index is 13.1. The van der Waals surface area contributed by atoms with Crippen molar-refractivity contribution in [2.75, 3.05) is 0 Å². The number of hydrogen-bond donors (Lipinski definition) is 2. The van der Waals surface area contributed by atoms with E-state index >= 15 is 0 Å². The standard InChI is InChI=1S/C16H21F2N3O/c1-9-12(13-7-14(13)19)6-10(8-20-9)15(22)21-11-2-4-16(17,18)5-3-11/h6,8,11,13-14H,2-5,7,19H2,1H3,(H,21,22). The summed E-state index contributed by atoms with van der Waals surface area (Å²) in [5.74, 6) is -2.53. The van der Waals surface area contributed by atoms with E-state index in [1.807, 2.05) is 13.0 Å². The highest BCUT2D eigenvalue weighted by molar-refractivity contribution is 5.94. The molecule has 2 fully saturated rings. The molecule has 0 aliphatic heterocycles. The van der Waals surface area contributed by atoms with Crippen molar-refractivity contribution in [1.82, 2.24) is 10.3 Å². The average Bonchev–Trinajstić information content (AvgIpc) is 3.18. The van der Waals surface area contributed by atoms with Gasteiger partial charge in [-0.05, 0) is 37.8 Å². The number of halogens is 2. The monoisotopic (exact) mass is 309 g/mol. The fourth-order valence-corrected chi connectivity index (χ4v) is 3.08. The van der Waals surface area contributed by atoms with Gasteiger partial charge in [0.25, 0.3) is 5.91 Å². The van der Waals surface area contributed by atoms with Gasteiger partial charge in [-0.2, -0.15) is 0 Å². The molecule has 0 spiro atoms. The van der Waals surface area contributed by atoms with Crippen LogP contribution in [0.5, 0.6) is 0 Å². The van der Waals surface area contributed by atoms with Crippen molar-refractivity contribution >= 4 is 5.91 Å². The van der Waals surface area contributed by atoms with E-state index < -0.39 is 5.92 Å². The molecule has 1 aromatic rings. The van der Waals surface area contributed by atoms with Crippen LogP contribution < -0.4 is 11.1 Å². The summed E-state index contributed by atoms with van der Waals surface area (Å²) in [6, 6.07) is 1.81. The summed E-state index contributed by atoms with van der Waals surface area (Å²) >= 11 is 0. The van der Waals surface area contributed by atoms with Gasteiger partial charge in [0.2, 0.25) is 5.92 Å². The Morgan fingerprint density at radius 2 is 2.05 bits per heavy atom. The van der Waals surface area contributed by atoms with E-state index in [4.69, 9.17) is 5.73 Å². The first kappa shape index (κ1) is 15.3. The second-order valence-corrected chi connectivity index (χ2v) is 6.51. The normalized spacial score (nSPS) is 27.5. The van der Waals surface area contributed by atoms with Crippen molar-refractivity contribution in [3.05, 3.63) is 29.1 Å². The van der Waals surface area contributed by atoms with Crippen molar-refractivity contribution in [1.29, 1.82) is 0 Å². The van der Waals surface area contributed by atoms with Crippen LogP contribution in [-0.4, -0.2) is 28.9 Å². The first-order chi connectivity index (χ1) is 10.4. The summed E-state index contributed by atoms with van der Waals surface area (Å²) in [6.07, 6.45) is 2.78. The van der Waals surface area contributed by atoms with E-state index in [9.17, 15) is 13.6 Å². The molecule has 1 aromatic heterocycles. The fourth-order valence-electron chi connectivity index (χ4n) is 3.08. The van der Waals surface area contributed by atoms with E-state index in [2.05, 4.69) is 10.3 Å². The number of nitrogens with one attached hydrogen (secondary N) is 1. The Bertz CT molecular complexity index is 581. The largest absolute Gasteiger partial charge is 0.349 e. The zero-order valence-corrected chi connectivity index (χ0v) is 12.6. The Hall–Kier alpha value is -1.56. The molecule has 0 bridgehead atoms. The van der Waals surface area contributed by atoms with Gasteiger partial charge in [-0.25, -0.2) is 8.78 Å². The number of pyridine rings is 1. The van der Waals surface area contributed by atoms with Crippen LogP contribution in [0, 0.1) is 6.92 Å². The topological polar surface area (TPSA) is 68.0 Å². The molecule has 1 amide bonds. The minimum Gasteiger partial charge on any atom is -0.349 e. The van der Waals surface area contributed by atoms with Crippen LogP contribution in [0.2, 0.25) is 0 Å².